The van der Waals surface area contributed by atoms with Crippen LogP contribution >= 0.6 is 0 Å². The highest BCUT2D eigenvalue weighted by molar-refractivity contribution is 5.97. The lowest BCUT2D eigenvalue weighted by Gasteiger charge is -2.22. The molecule has 2 rings (SSSR count). The number of nitrogens with zero attached hydrogens (tertiary/aromatic N) is 3. The van der Waals surface area contributed by atoms with Gasteiger partial charge in [-0.1, -0.05) is 23.4 Å². The van der Waals surface area contributed by atoms with Crippen molar-refractivity contribution in [1.82, 2.24) is 20.3 Å². The van der Waals surface area contributed by atoms with Crippen LogP contribution in [0.15, 0.2) is 30.3 Å². The Labute approximate surface area is 128 Å². The lowest BCUT2D eigenvalue weighted by atomic mass is 10.1. The maximum atomic E-state index is 12.3. The molecular formula is C15H18N4O3. The second kappa shape index (κ2) is 5.97. The molecule has 1 aromatic carbocycles. The molecule has 0 aliphatic heterocycles. The number of hydrogen-bond acceptors (Lipinski definition) is 5. The lowest BCUT2D eigenvalue weighted by molar-refractivity contribution is -0.146. The molecule has 0 fully saturated rings. The van der Waals surface area contributed by atoms with E-state index in [9.17, 15) is 9.59 Å². The van der Waals surface area contributed by atoms with Crippen molar-refractivity contribution in [1.29, 1.82) is 0 Å². The van der Waals surface area contributed by atoms with Gasteiger partial charge in [-0.25, -0.2) is 9.48 Å². The van der Waals surface area contributed by atoms with Crippen molar-refractivity contribution in [3.05, 3.63) is 41.7 Å². The molecular weight excluding hydrogens is 284 g/mol. The fourth-order valence-electron chi connectivity index (χ4n) is 2.00. The zero-order valence-electron chi connectivity index (χ0n) is 13.0. The van der Waals surface area contributed by atoms with Crippen LogP contribution in [0.25, 0.3) is 5.69 Å². The van der Waals surface area contributed by atoms with Gasteiger partial charge in [0.15, 0.2) is 5.69 Å². The average Bonchev–Trinajstić information content (AvgIpc) is 2.88. The third-order valence-electron chi connectivity index (χ3n) is 3.23. The molecule has 1 heterocycles. The quantitative estimate of drug-likeness (QED) is 0.859. The number of hydrogen-bond donors (Lipinski definition) is 1. The van der Waals surface area contributed by atoms with Gasteiger partial charge in [-0.3, -0.25) is 4.79 Å². The van der Waals surface area contributed by atoms with Crippen LogP contribution in [0.1, 0.15) is 30.0 Å². The highest BCUT2D eigenvalue weighted by atomic mass is 16.5. The van der Waals surface area contributed by atoms with Crippen molar-refractivity contribution in [3.8, 4) is 5.69 Å². The smallest absolute Gasteiger partial charge is 0.330 e. The molecule has 1 aromatic heterocycles. The van der Waals surface area contributed by atoms with Crippen molar-refractivity contribution in [3.63, 3.8) is 0 Å². The minimum atomic E-state index is -1.14. The van der Waals surface area contributed by atoms with E-state index in [1.165, 1.54) is 7.11 Å². The van der Waals surface area contributed by atoms with Crippen molar-refractivity contribution in [2.75, 3.05) is 7.11 Å². The van der Waals surface area contributed by atoms with Gasteiger partial charge >= 0.3 is 5.97 Å². The third-order valence-corrected chi connectivity index (χ3v) is 3.23. The van der Waals surface area contributed by atoms with E-state index in [4.69, 9.17) is 0 Å². The molecule has 116 valence electrons. The van der Waals surface area contributed by atoms with Crippen molar-refractivity contribution < 1.29 is 14.3 Å². The van der Waals surface area contributed by atoms with E-state index in [1.807, 2.05) is 30.3 Å². The predicted octanol–water partition coefficient (Wildman–Crippen LogP) is 1.26. The van der Waals surface area contributed by atoms with Crippen LogP contribution in [0.5, 0.6) is 0 Å². The van der Waals surface area contributed by atoms with E-state index < -0.39 is 17.4 Å². The van der Waals surface area contributed by atoms with Crippen LogP contribution in [0, 0.1) is 6.92 Å². The number of methoxy groups -OCH3 is 1. The molecule has 7 nitrogen and oxygen atoms in total. The Kier molecular flexibility index (Phi) is 4.25. The number of nitrogens with one attached hydrogen (secondary N) is 1. The maximum Gasteiger partial charge on any atom is 0.330 e. The molecule has 0 bridgehead atoms. The highest BCUT2D eigenvalue weighted by Crippen LogP contribution is 2.13. The first-order chi connectivity index (χ1) is 10.4. The normalized spacial score (nSPS) is 11.1. The van der Waals surface area contributed by atoms with Gasteiger partial charge in [0.25, 0.3) is 5.91 Å². The Bertz CT molecular complexity index is 692. The summed E-state index contributed by atoms with van der Waals surface area (Å²) in [7, 11) is 1.27. The van der Waals surface area contributed by atoms with Crippen molar-refractivity contribution in [2.24, 2.45) is 0 Å². The minimum Gasteiger partial charge on any atom is -0.467 e. The molecule has 7 heteroatoms. The van der Waals surface area contributed by atoms with E-state index >= 15 is 0 Å². The van der Waals surface area contributed by atoms with Crippen LogP contribution < -0.4 is 5.32 Å². The van der Waals surface area contributed by atoms with Crippen molar-refractivity contribution in [2.45, 2.75) is 26.3 Å². The molecule has 0 spiro atoms. The van der Waals surface area contributed by atoms with E-state index in [0.717, 1.165) is 5.69 Å². The Hall–Kier alpha value is -2.70. The van der Waals surface area contributed by atoms with E-state index in [1.54, 1.807) is 25.5 Å². The fourth-order valence-corrected chi connectivity index (χ4v) is 2.00. The number of carbonyl (C=O) groups excluding carboxylic acids is 2. The summed E-state index contributed by atoms with van der Waals surface area (Å²) in [5, 5.41) is 10.5. The summed E-state index contributed by atoms with van der Waals surface area (Å²) in [5.41, 5.74) is 0.415. The summed E-state index contributed by atoms with van der Waals surface area (Å²) in [5.74, 6) is -1.01. The number of rotatable bonds is 4. The molecule has 0 aliphatic rings. The first kappa shape index (κ1) is 15.7. The first-order valence-electron chi connectivity index (χ1n) is 6.75. The topological polar surface area (TPSA) is 86.1 Å². The standard InChI is InChI=1S/C15H18N4O3/c1-10-12(13(20)16-15(2,3)14(21)22-4)17-18-19(10)11-8-6-5-7-9-11/h5-9H,1-4H3,(H,16,20). The zero-order valence-corrected chi connectivity index (χ0v) is 13.0. The molecule has 0 saturated heterocycles. The number of para-hydroxylation sites is 1. The molecule has 1 amide bonds. The number of benzene rings is 1. The van der Waals surface area contributed by atoms with Gasteiger partial charge in [-0.2, -0.15) is 0 Å². The van der Waals surface area contributed by atoms with Crippen LogP contribution in [0.4, 0.5) is 0 Å². The van der Waals surface area contributed by atoms with Crippen LogP contribution in [0.2, 0.25) is 0 Å². The summed E-state index contributed by atoms with van der Waals surface area (Å²) in [4.78, 5) is 23.9. The van der Waals surface area contributed by atoms with Gasteiger partial charge in [0.05, 0.1) is 18.5 Å². The molecule has 1 N–H and O–H groups in total. The number of carbonyl (C=O) groups is 2. The van der Waals surface area contributed by atoms with Gasteiger partial charge in [0, 0.05) is 0 Å². The molecule has 0 radical (unpaired) electrons. The van der Waals surface area contributed by atoms with Gasteiger partial charge in [-0.15, -0.1) is 5.10 Å². The Morgan fingerprint density at radius 3 is 2.45 bits per heavy atom. The zero-order chi connectivity index (χ0) is 16.3. The molecule has 0 aliphatic carbocycles. The number of esters is 1. The predicted molar refractivity (Wildman–Crippen MR) is 79.7 cm³/mol. The SMILES string of the molecule is COC(=O)C(C)(C)NC(=O)c1nnn(-c2ccccc2)c1C. The van der Waals surface area contributed by atoms with Crippen molar-refractivity contribution >= 4 is 11.9 Å². The Morgan fingerprint density at radius 1 is 1.23 bits per heavy atom. The lowest BCUT2D eigenvalue weighted by Crippen LogP contribution is -2.50. The first-order valence-corrected chi connectivity index (χ1v) is 6.75. The van der Waals surface area contributed by atoms with E-state index in [0.29, 0.717) is 5.69 Å². The van der Waals surface area contributed by atoms with Crippen LogP contribution in [-0.2, 0) is 9.53 Å². The summed E-state index contributed by atoms with van der Waals surface area (Å²) >= 11 is 0. The number of amides is 1. The number of ether oxygens (including phenoxy) is 1. The molecule has 0 atom stereocenters. The average molecular weight is 302 g/mol. The monoisotopic (exact) mass is 302 g/mol. The number of aromatic nitrogens is 3. The summed E-state index contributed by atoms with van der Waals surface area (Å²) in [6.07, 6.45) is 0. The summed E-state index contributed by atoms with van der Waals surface area (Å²) < 4.78 is 6.23. The second-order valence-corrected chi connectivity index (χ2v) is 5.34. The van der Waals surface area contributed by atoms with Gasteiger partial charge in [0.2, 0.25) is 0 Å². The highest BCUT2D eigenvalue weighted by Gasteiger charge is 2.32. The fraction of sp³-hybridized carbons (Fsp3) is 0.333. The van der Waals surface area contributed by atoms with Crippen LogP contribution in [0.3, 0.4) is 0 Å². The van der Waals surface area contributed by atoms with Gasteiger partial charge < -0.3 is 10.1 Å². The Morgan fingerprint density at radius 2 is 1.86 bits per heavy atom. The van der Waals surface area contributed by atoms with Gasteiger partial charge in [-0.05, 0) is 32.9 Å². The largest absolute Gasteiger partial charge is 0.467 e. The molecule has 0 saturated carbocycles. The second-order valence-electron chi connectivity index (χ2n) is 5.34. The van der Waals surface area contributed by atoms with Crippen LogP contribution in [-0.4, -0.2) is 39.5 Å². The maximum absolute atomic E-state index is 12.3. The van der Waals surface area contributed by atoms with E-state index in [2.05, 4.69) is 20.4 Å². The minimum absolute atomic E-state index is 0.167. The van der Waals surface area contributed by atoms with E-state index in [-0.39, 0.29) is 5.69 Å². The summed E-state index contributed by atoms with van der Waals surface area (Å²) in [6, 6.07) is 9.36. The third kappa shape index (κ3) is 2.98. The molecule has 2 aromatic rings. The molecule has 22 heavy (non-hydrogen) atoms. The molecule has 0 unspecified atom stereocenters. The summed E-state index contributed by atoms with van der Waals surface area (Å²) in [6.45, 7) is 4.87. The van der Waals surface area contributed by atoms with Gasteiger partial charge in [0.1, 0.15) is 5.54 Å². The Balaban J connectivity index is 2.26.